The van der Waals surface area contributed by atoms with Gasteiger partial charge in [-0.25, -0.2) is 9.97 Å². The van der Waals surface area contributed by atoms with Crippen molar-refractivity contribution >= 4 is 34.1 Å². The summed E-state index contributed by atoms with van der Waals surface area (Å²) in [5.74, 6) is 0.512. The van der Waals surface area contributed by atoms with Crippen molar-refractivity contribution < 1.29 is 4.79 Å². The molecule has 1 amide bonds. The number of nitrogens with zero attached hydrogens (tertiary/aromatic N) is 6. The summed E-state index contributed by atoms with van der Waals surface area (Å²) < 4.78 is 0. The van der Waals surface area contributed by atoms with Gasteiger partial charge in [0.1, 0.15) is 17.5 Å². The molecule has 1 aliphatic rings. The zero-order valence-corrected chi connectivity index (χ0v) is 18.1. The number of anilines is 3. The van der Waals surface area contributed by atoms with Crippen molar-refractivity contribution in [3.05, 3.63) is 60.3 Å². The van der Waals surface area contributed by atoms with Crippen LogP contribution in [-0.2, 0) is 4.79 Å². The molecule has 0 spiro atoms. The molecule has 9 nitrogen and oxygen atoms in total. The number of nitrogens with one attached hydrogen (secondary N) is 2. The quantitative estimate of drug-likeness (QED) is 0.502. The second-order valence-electron chi connectivity index (χ2n) is 7.85. The van der Waals surface area contributed by atoms with Crippen molar-refractivity contribution in [2.24, 2.45) is 0 Å². The number of fused-ring (bicyclic) bond motifs is 1. The Hall–Kier alpha value is -4.45. The van der Waals surface area contributed by atoms with Crippen molar-refractivity contribution in [3.8, 4) is 17.5 Å². The molecule has 0 bridgehead atoms. The predicted octanol–water partition coefficient (Wildman–Crippen LogP) is 3.30. The van der Waals surface area contributed by atoms with Crippen molar-refractivity contribution in [1.82, 2.24) is 25.1 Å². The maximum Gasteiger partial charge on any atom is 0.227 e. The summed E-state index contributed by atoms with van der Waals surface area (Å²) in [6.45, 7) is 4.71. The highest BCUT2D eigenvalue weighted by atomic mass is 16.2. The number of H-pyrrole nitrogens is 1. The Bertz CT molecular complexity index is 1350. The zero-order valence-electron chi connectivity index (χ0n) is 18.1. The molecule has 2 aromatic carbocycles. The third-order valence-electron chi connectivity index (χ3n) is 5.82. The van der Waals surface area contributed by atoms with Crippen LogP contribution in [0, 0.1) is 11.3 Å². The van der Waals surface area contributed by atoms with E-state index in [4.69, 9.17) is 0 Å². The van der Waals surface area contributed by atoms with Gasteiger partial charge in [0.05, 0.1) is 17.3 Å². The first-order chi connectivity index (χ1) is 16.1. The van der Waals surface area contributed by atoms with Gasteiger partial charge in [0, 0.05) is 49.9 Å². The van der Waals surface area contributed by atoms with E-state index >= 15 is 0 Å². The van der Waals surface area contributed by atoms with Gasteiger partial charge in [-0.3, -0.25) is 9.89 Å². The Labute approximate surface area is 190 Å². The highest BCUT2D eigenvalue weighted by Gasteiger charge is 2.19. The summed E-state index contributed by atoms with van der Waals surface area (Å²) in [5.41, 5.74) is 4.28. The van der Waals surface area contributed by atoms with Crippen LogP contribution in [0.2, 0.25) is 0 Å². The van der Waals surface area contributed by atoms with E-state index in [0.717, 1.165) is 48.5 Å². The highest BCUT2D eigenvalue weighted by molar-refractivity contribution is 5.93. The van der Waals surface area contributed by atoms with Gasteiger partial charge in [-0.15, -0.1) is 0 Å². The van der Waals surface area contributed by atoms with Crippen LogP contribution in [0.15, 0.2) is 54.7 Å². The van der Waals surface area contributed by atoms with E-state index in [1.165, 1.54) is 6.20 Å². The number of para-hydroxylation sites is 1. The van der Waals surface area contributed by atoms with E-state index < -0.39 is 0 Å². The Morgan fingerprint density at radius 3 is 2.55 bits per heavy atom. The average molecular weight is 438 g/mol. The number of nitriles is 1. The van der Waals surface area contributed by atoms with Crippen LogP contribution in [-0.4, -0.2) is 57.2 Å². The monoisotopic (exact) mass is 438 g/mol. The first kappa shape index (κ1) is 20.5. The van der Waals surface area contributed by atoms with Gasteiger partial charge in [0.2, 0.25) is 11.9 Å². The summed E-state index contributed by atoms with van der Waals surface area (Å²) in [5, 5.41) is 21.0. The van der Waals surface area contributed by atoms with Gasteiger partial charge in [-0.2, -0.15) is 10.4 Å². The smallest absolute Gasteiger partial charge is 0.227 e. The lowest BCUT2D eigenvalue weighted by molar-refractivity contribution is -0.129. The van der Waals surface area contributed by atoms with Crippen LogP contribution in [0.3, 0.4) is 0 Å². The number of carbonyl (C=O) groups is 1. The van der Waals surface area contributed by atoms with E-state index in [9.17, 15) is 10.1 Å². The number of aromatic nitrogens is 4. The predicted molar refractivity (Wildman–Crippen MR) is 126 cm³/mol. The number of aromatic amines is 1. The zero-order chi connectivity index (χ0) is 22.8. The van der Waals surface area contributed by atoms with E-state index in [2.05, 4.69) is 36.5 Å². The fourth-order valence-electron chi connectivity index (χ4n) is 4.01. The molecular weight excluding hydrogens is 416 g/mol. The topological polar surface area (TPSA) is 114 Å². The molecule has 2 aromatic heterocycles. The van der Waals surface area contributed by atoms with E-state index in [-0.39, 0.29) is 5.91 Å². The van der Waals surface area contributed by atoms with Gasteiger partial charge >= 0.3 is 0 Å². The summed E-state index contributed by atoms with van der Waals surface area (Å²) in [7, 11) is 0. The van der Waals surface area contributed by atoms with Crippen molar-refractivity contribution in [2.45, 2.75) is 6.92 Å². The third-order valence-corrected chi connectivity index (χ3v) is 5.82. The van der Waals surface area contributed by atoms with Crippen LogP contribution >= 0.6 is 0 Å². The second kappa shape index (κ2) is 8.59. The Balaban J connectivity index is 1.35. The lowest BCUT2D eigenvalue weighted by atomic mass is 10.1. The van der Waals surface area contributed by atoms with Crippen molar-refractivity contribution in [3.63, 3.8) is 0 Å². The van der Waals surface area contributed by atoms with Crippen LogP contribution in [0.5, 0.6) is 0 Å². The fraction of sp³-hybridized carbons (Fsp3) is 0.208. The molecular formula is C24H22N8O. The van der Waals surface area contributed by atoms with Crippen molar-refractivity contribution in [2.75, 3.05) is 36.4 Å². The molecule has 0 aliphatic carbocycles. The minimum absolute atomic E-state index is 0.124. The molecule has 0 radical (unpaired) electrons. The Kier molecular flexibility index (Phi) is 5.32. The molecule has 0 unspecified atom stereocenters. The molecule has 2 N–H and O–H groups in total. The van der Waals surface area contributed by atoms with Crippen molar-refractivity contribution in [1.29, 1.82) is 5.26 Å². The Morgan fingerprint density at radius 2 is 1.82 bits per heavy atom. The minimum atomic E-state index is 0.124. The number of carbonyl (C=O) groups excluding carboxylic acids is 1. The Morgan fingerprint density at radius 1 is 1.06 bits per heavy atom. The summed E-state index contributed by atoms with van der Waals surface area (Å²) in [6, 6.07) is 17.9. The van der Waals surface area contributed by atoms with E-state index in [1.807, 2.05) is 53.4 Å². The van der Waals surface area contributed by atoms with Gasteiger partial charge < -0.3 is 15.1 Å². The maximum atomic E-state index is 11.5. The number of hydrogen-bond acceptors (Lipinski definition) is 7. The third kappa shape index (κ3) is 4.06. The normalized spacial score (nSPS) is 13.7. The van der Waals surface area contributed by atoms with E-state index in [1.54, 1.807) is 6.92 Å². The fourth-order valence-corrected chi connectivity index (χ4v) is 4.01. The lowest BCUT2D eigenvalue weighted by Crippen LogP contribution is -2.48. The standard InChI is InChI=1S/C24H22N8O/c1-16(33)31-10-12-32(13-11-31)19-8-6-18(7-9-19)27-24-26-15-17(14-25)22(28-24)23-20-4-2-3-5-21(20)29-30-23/h2-9,15H,10-13H2,1H3,(H,29,30)(H,26,27,28). The van der Waals surface area contributed by atoms with Crippen LogP contribution in [0.25, 0.3) is 22.3 Å². The highest BCUT2D eigenvalue weighted by Crippen LogP contribution is 2.28. The molecule has 5 rings (SSSR count). The molecule has 33 heavy (non-hydrogen) atoms. The largest absolute Gasteiger partial charge is 0.368 e. The number of piperazine rings is 1. The first-order valence-corrected chi connectivity index (χ1v) is 10.7. The molecule has 0 saturated carbocycles. The average Bonchev–Trinajstić information content (AvgIpc) is 3.29. The van der Waals surface area contributed by atoms with Gasteiger partial charge in [0.15, 0.2) is 0 Å². The number of rotatable bonds is 4. The molecule has 0 atom stereocenters. The minimum Gasteiger partial charge on any atom is -0.368 e. The second-order valence-corrected chi connectivity index (χ2v) is 7.85. The number of hydrogen-bond donors (Lipinski definition) is 2. The number of amides is 1. The van der Waals surface area contributed by atoms with E-state index in [0.29, 0.717) is 22.9 Å². The molecule has 1 saturated heterocycles. The summed E-state index contributed by atoms with van der Waals surface area (Å²) in [4.78, 5) is 24.6. The summed E-state index contributed by atoms with van der Waals surface area (Å²) in [6.07, 6.45) is 1.51. The molecule has 1 aliphatic heterocycles. The molecule has 3 heterocycles. The van der Waals surface area contributed by atoms with Gasteiger partial charge in [-0.1, -0.05) is 18.2 Å². The lowest BCUT2D eigenvalue weighted by Gasteiger charge is -2.35. The van der Waals surface area contributed by atoms with Gasteiger partial charge in [-0.05, 0) is 30.3 Å². The number of benzene rings is 2. The first-order valence-electron chi connectivity index (χ1n) is 10.7. The SMILES string of the molecule is CC(=O)N1CCN(c2ccc(Nc3ncc(C#N)c(-c4n[nH]c5ccccc45)n3)cc2)CC1. The van der Waals surface area contributed by atoms with Crippen LogP contribution in [0.1, 0.15) is 12.5 Å². The molecule has 1 fully saturated rings. The molecule has 164 valence electrons. The summed E-state index contributed by atoms with van der Waals surface area (Å²) >= 11 is 0. The van der Waals surface area contributed by atoms with Crippen LogP contribution < -0.4 is 10.2 Å². The van der Waals surface area contributed by atoms with Gasteiger partial charge in [0.25, 0.3) is 0 Å². The van der Waals surface area contributed by atoms with Crippen LogP contribution in [0.4, 0.5) is 17.3 Å². The molecule has 4 aromatic rings. The maximum absolute atomic E-state index is 11.5. The molecule has 9 heteroatoms.